The van der Waals surface area contributed by atoms with E-state index in [1.807, 2.05) is 18.2 Å². The minimum absolute atomic E-state index is 0.257. The van der Waals surface area contributed by atoms with Gasteiger partial charge in [0.25, 0.3) is 0 Å². The summed E-state index contributed by atoms with van der Waals surface area (Å²) in [5.74, 6) is 2.19. The zero-order valence-corrected chi connectivity index (χ0v) is 15.2. The molecule has 0 aliphatic heterocycles. The molecule has 1 heterocycles. The lowest BCUT2D eigenvalue weighted by Crippen LogP contribution is -2.07. The third-order valence-electron chi connectivity index (χ3n) is 3.97. The van der Waals surface area contributed by atoms with Gasteiger partial charge >= 0.3 is 0 Å². The number of nitrogens with zero attached hydrogens (tertiary/aromatic N) is 2. The summed E-state index contributed by atoms with van der Waals surface area (Å²) < 4.78 is 24.2. The molecule has 7 heteroatoms. The van der Waals surface area contributed by atoms with Crippen molar-refractivity contribution in [3.05, 3.63) is 71.7 Å². The maximum atomic E-state index is 13.7. The van der Waals surface area contributed by atoms with Gasteiger partial charge in [-0.2, -0.15) is 4.98 Å². The first-order valence-electron chi connectivity index (χ1n) is 8.44. The molecule has 3 aromatic rings. The topological polar surface area (TPSA) is 68.3 Å². The largest absolute Gasteiger partial charge is 0.493 e. The number of benzene rings is 2. The molecular formula is C20H21FN4O2. The molecule has 0 unspecified atom stereocenters. The monoisotopic (exact) mass is 368 g/mol. The van der Waals surface area contributed by atoms with Crippen LogP contribution in [0.25, 0.3) is 0 Å². The van der Waals surface area contributed by atoms with E-state index in [9.17, 15) is 4.39 Å². The highest BCUT2D eigenvalue weighted by atomic mass is 19.1. The molecule has 0 radical (unpaired) electrons. The van der Waals surface area contributed by atoms with E-state index in [-0.39, 0.29) is 5.82 Å². The Morgan fingerprint density at radius 2 is 1.74 bits per heavy atom. The summed E-state index contributed by atoms with van der Waals surface area (Å²) in [5, 5.41) is 6.27. The Morgan fingerprint density at radius 3 is 2.52 bits per heavy atom. The molecule has 6 nitrogen and oxygen atoms in total. The van der Waals surface area contributed by atoms with E-state index >= 15 is 0 Å². The summed E-state index contributed by atoms with van der Waals surface area (Å²) >= 11 is 0. The lowest BCUT2D eigenvalue weighted by molar-refractivity contribution is 0.354. The molecule has 0 saturated carbocycles. The summed E-state index contributed by atoms with van der Waals surface area (Å²) in [7, 11) is 3.21. The number of ether oxygens (including phenoxy) is 2. The van der Waals surface area contributed by atoms with Gasteiger partial charge in [0.15, 0.2) is 11.5 Å². The third kappa shape index (κ3) is 4.84. The fourth-order valence-electron chi connectivity index (χ4n) is 2.54. The fourth-order valence-corrected chi connectivity index (χ4v) is 2.54. The van der Waals surface area contributed by atoms with Crippen LogP contribution in [0.5, 0.6) is 11.5 Å². The van der Waals surface area contributed by atoms with E-state index < -0.39 is 0 Å². The van der Waals surface area contributed by atoms with Crippen molar-refractivity contribution < 1.29 is 13.9 Å². The molecular weight excluding hydrogens is 347 g/mol. The molecule has 2 N–H and O–H groups in total. The van der Waals surface area contributed by atoms with Crippen molar-refractivity contribution in [1.29, 1.82) is 0 Å². The van der Waals surface area contributed by atoms with Crippen LogP contribution in [0.1, 0.15) is 11.1 Å². The molecule has 2 aromatic carbocycles. The Balaban J connectivity index is 1.61. The van der Waals surface area contributed by atoms with Crippen molar-refractivity contribution in [2.45, 2.75) is 13.1 Å². The average molecular weight is 368 g/mol. The van der Waals surface area contributed by atoms with Crippen LogP contribution in [0.3, 0.4) is 0 Å². The van der Waals surface area contributed by atoms with Gasteiger partial charge < -0.3 is 20.1 Å². The summed E-state index contributed by atoms with van der Waals surface area (Å²) in [6.45, 7) is 0.871. The van der Waals surface area contributed by atoms with Gasteiger partial charge in [-0.1, -0.05) is 24.3 Å². The number of halogens is 1. The first-order valence-corrected chi connectivity index (χ1v) is 8.44. The first kappa shape index (κ1) is 18.4. The molecule has 0 bridgehead atoms. The van der Waals surface area contributed by atoms with E-state index in [2.05, 4.69) is 20.6 Å². The van der Waals surface area contributed by atoms with Gasteiger partial charge in [-0.25, -0.2) is 9.37 Å². The SMILES string of the molecule is COc1ccc(CNc2ccnc(NCc3ccccc3F)n2)cc1OC. The van der Waals surface area contributed by atoms with Crippen molar-refractivity contribution in [2.75, 3.05) is 24.9 Å². The number of rotatable bonds is 8. The molecule has 1 aromatic heterocycles. The summed E-state index contributed by atoms with van der Waals surface area (Å²) in [5.41, 5.74) is 1.58. The number of aromatic nitrogens is 2. The van der Waals surface area contributed by atoms with Crippen LogP contribution in [-0.2, 0) is 13.1 Å². The Labute approximate surface area is 157 Å². The second-order valence-electron chi connectivity index (χ2n) is 5.75. The van der Waals surface area contributed by atoms with Crippen molar-refractivity contribution in [2.24, 2.45) is 0 Å². The van der Waals surface area contributed by atoms with Gasteiger partial charge in [0, 0.05) is 24.8 Å². The standard InChI is InChI=1S/C20H21FN4O2/c1-26-17-8-7-14(11-18(17)27-2)12-23-19-9-10-22-20(25-19)24-13-15-5-3-4-6-16(15)21/h3-11H,12-13H2,1-2H3,(H2,22,23,24,25). The Morgan fingerprint density at radius 1 is 0.926 bits per heavy atom. The van der Waals surface area contributed by atoms with Crippen LogP contribution >= 0.6 is 0 Å². The molecule has 140 valence electrons. The lowest BCUT2D eigenvalue weighted by Gasteiger charge is -2.11. The lowest BCUT2D eigenvalue weighted by atomic mass is 10.2. The average Bonchev–Trinajstić information content (AvgIpc) is 2.71. The normalized spacial score (nSPS) is 10.3. The van der Waals surface area contributed by atoms with Crippen LogP contribution in [0.2, 0.25) is 0 Å². The van der Waals surface area contributed by atoms with E-state index in [0.717, 1.165) is 5.56 Å². The minimum atomic E-state index is -0.257. The number of hydrogen-bond acceptors (Lipinski definition) is 6. The fraction of sp³-hybridized carbons (Fsp3) is 0.200. The third-order valence-corrected chi connectivity index (χ3v) is 3.97. The molecule has 0 aliphatic rings. The zero-order valence-electron chi connectivity index (χ0n) is 15.2. The van der Waals surface area contributed by atoms with Crippen molar-refractivity contribution in [3.8, 4) is 11.5 Å². The van der Waals surface area contributed by atoms with E-state index in [0.29, 0.717) is 41.9 Å². The van der Waals surface area contributed by atoms with Crippen molar-refractivity contribution in [1.82, 2.24) is 9.97 Å². The number of anilines is 2. The van der Waals surface area contributed by atoms with E-state index in [1.54, 1.807) is 44.7 Å². The Hall–Kier alpha value is -3.35. The Bertz CT molecular complexity index is 905. The highest BCUT2D eigenvalue weighted by molar-refractivity contribution is 5.45. The van der Waals surface area contributed by atoms with Gasteiger partial charge in [0.2, 0.25) is 5.95 Å². The molecule has 27 heavy (non-hydrogen) atoms. The second-order valence-corrected chi connectivity index (χ2v) is 5.75. The maximum Gasteiger partial charge on any atom is 0.224 e. The summed E-state index contributed by atoms with van der Waals surface area (Å²) in [6, 6.07) is 14.1. The summed E-state index contributed by atoms with van der Waals surface area (Å²) in [4.78, 5) is 8.57. The van der Waals surface area contributed by atoms with Gasteiger partial charge in [0.05, 0.1) is 14.2 Å². The van der Waals surface area contributed by atoms with Crippen LogP contribution in [0.15, 0.2) is 54.7 Å². The van der Waals surface area contributed by atoms with Gasteiger partial charge in [-0.05, 0) is 29.8 Å². The predicted molar refractivity (Wildman–Crippen MR) is 103 cm³/mol. The van der Waals surface area contributed by atoms with Crippen molar-refractivity contribution >= 4 is 11.8 Å². The quantitative estimate of drug-likeness (QED) is 0.629. The van der Waals surface area contributed by atoms with Gasteiger partial charge in [-0.3, -0.25) is 0 Å². The van der Waals surface area contributed by atoms with E-state index in [4.69, 9.17) is 9.47 Å². The molecule has 0 fully saturated rings. The number of methoxy groups -OCH3 is 2. The second kappa shape index (κ2) is 8.84. The van der Waals surface area contributed by atoms with Crippen LogP contribution in [-0.4, -0.2) is 24.2 Å². The molecule has 3 rings (SSSR count). The molecule has 0 atom stereocenters. The van der Waals surface area contributed by atoms with Crippen LogP contribution in [0.4, 0.5) is 16.2 Å². The molecule has 0 spiro atoms. The number of hydrogen-bond donors (Lipinski definition) is 2. The molecule has 0 aliphatic carbocycles. The van der Waals surface area contributed by atoms with Gasteiger partial charge in [0.1, 0.15) is 11.6 Å². The van der Waals surface area contributed by atoms with Gasteiger partial charge in [-0.15, -0.1) is 0 Å². The molecule has 0 saturated heterocycles. The van der Waals surface area contributed by atoms with Crippen LogP contribution in [0, 0.1) is 5.82 Å². The highest BCUT2D eigenvalue weighted by Gasteiger charge is 2.06. The first-order chi connectivity index (χ1) is 13.2. The number of nitrogens with one attached hydrogen (secondary N) is 2. The van der Waals surface area contributed by atoms with Crippen LogP contribution < -0.4 is 20.1 Å². The smallest absolute Gasteiger partial charge is 0.224 e. The van der Waals surface area contributed by atoms with E-state index in [1.165, 1.54) is 6.07 Å². The highest BCUT2D eigenvalue weighted by Crippen LogP contribution is 2.27. The van der Waals surface area contributed by atoms with Crippen molar-refractivity contribution in [3.63, 3.8) is 0 Å². The summed E-state index contributed by atoms with van der Waals surface area (Å²) in [6.07, 6.45) is 1.65. The molecule has 0 amide bonds. The minimum Gasteiger partial charge on any atom is -0.493 e. The Kier molecular flexibility index (Phi) is 6.04. The maximum absolute atomic E-state index is 13.7. The zero-order chi connectivity index (χ0) is 19.1. The predicted octanol–water partition coefficient (Wildman–Crippen LogP) is 3.86.